The maximum Gasteiger partial charge on any atom is 0.261 e. The van der Waals surface area contributed by atoms with Crippen LogP contribution in [0.2, 0.25) is 0 Å². The average Bonchev–Trinajstić information content (AvgIpc) is 2.54. The number of carbonyl (C=O) groups is 2. The lowest BCUT2D eigenvalue weighted by atomic mass is 10.1. The molecule has 0 spiro atoms. The van der Waals surface area contributed by atoms with E-state index in [0.29, 0.717) is 17.7 Å². The highest BCUT2D eigenvalue weighted by molar-refractivity contribution is 6.21. The van der Waals surface area contributed by atoms with Crippen molar-refractivity contribution < 1.29 is 9.59 Å². The molecule has 1 aromatic rings. The van der Waals surface area contributed by atoms with Crippen LogP contribution in [0.15, 0.2) is 18.2 Å². The third-order valence-electron chi connectivity index (χ3n) is 2.71. The Balaban J connectivity index is 2.43. The smallest absolute Gasteiger partial charge is 0.261 e. The third kappa shape index (κ3) is 1.46. The van der Waals surface area contributed by atoms with E-state index in [1.807, 2.05) is 6.92 Å². The Labute approximate surface area is 94.2 Å². The zero-order valence-corrected chi connectivity index (χ0v) is 9.41. The standard InChI is InChI=1S/C12H14N2O2/c1-3-6-14-11(15)9-5-4-8(13-2)7-10(9)12(14)16/h4-5,7,13H,3,6H2,1-2H3. The molecule has 4 nitrogen and oxygen atoms in total. The molecule has 0 saturated heterocycles. The van der Waals surface area contributed by atoms with Gasteiger partial charge in [-0.15, -0.1) is 0 Å². The molecule has 0 fully saturated rings. The van der Waals surface area contributed by atoms with Gasteiger partial charge >= 0.3 is 0 Å². The maximum absolute atomic E-state index is 11.9. The predicted octanol–water partition coefficient (Wildman–Crippen LogP) is 1.73. The number of amides is 2. The van der Waals surface area contributed by atoms with Gasteiger partial charge in [-0.3, -0.25) is 14.5 Å². The topological polar surface area (TPSA) is 49.4 Å². The van der Waals surface area contributed by atoms with Crippen LogP contribution in [0.5, 0.6) is 0 Å². The summed E-state index contributed by atoms with van der Waals surface area (Å²) in [4.78, 5) is 25.1. The van der Waals surface area contributed by atoms with Crippen molar-refractivity contribution >= 4 is 17.5 Å². The molecular weight excluding hydrogens is 204 g/mol. The molecule has 84 valence electrons. The van der Waals surface area contributed by atoms with E-state index >= 15 is 0 Å². The first kappa shape index (κ1) is 10.7. The summed E-state index contributed by atoms with van der Waals surface area (Å²) >= 11 is 0. The molecule has 4 heteroatoms. The first-order chi connectivity index (χ1) is 7.69. The molecule has 2 rings (SSSR count). The van der Waals surface area contributed by atoms with Gasteiger partial charge in [0.05, 0.1) is 11.1 Å². The molecule has 1 aliphatic heterocycles. The largest absolute Gasteiger partial charge is 0.388 e. The Morgan fingerprint density at radius 2 is 1.88 bits per heavy atom. The summed E-state index contributed by atoms with van der Waals surface area (Å²) in [5.74, 6) is -0.358. The van der Waals surface area contributed by atoms with E-state index in [0.717, 1.165) is 12.1 Å². The second kappa shape index (κ2) is 3.96. The minimum absolute atomic E-state index is 0.176. The number of rotatable bonds is 3. The molecular formula is C12H14N2O2. The molecule has 0 aliphatic carbocycles. The van der Waals surface area contributed by atoms with Crippen LogP contribution in [-0.2, 0) is 0 Å². The van der Waals surface area contributed by atoms with E-state index in [4.69, 9.17) is 0 Å². The normalized spacial score (nSPS) is 14.2. The van der Waals surface area contributed by atoms with Crippen molar-refractivity contribution in [1.82, 2.24) is 4.90 Å². The number of imide groups is 1. The van der Waals surface area contributed by atoms with Crippen molar-refractivity contribution in [3.05, 3.63) is 29.3 Å². The Bertz CT molecular complexity index is 454. The Morgan fingerprint density at radius 3 is 2.50 bits per heavy atom. The van der Waals surface area contributed by atoms with Gasteiger partial charge in [0.2, 0.25) is 0 Å². The zero-order valence-electron chi connectivity index (χ0n) is 9.41. The highest BCUT2D eigenvalue weighted by Gasteiger charge is 2.34. The summed E-state index contributed by atoms with van der Waals surface area (Å²) in [6, 6.07) is 5.24. The highest BCUT2D eigenvalue weighted by Crippen LogP contribution is 2.25. The highest BCUT2D eigenvalue weighted by atomic mass is 16.2. The van der Waals surface area contributed by atoms with E-state index in [9.17, 15) is 9.59 Å². The molecule has 0 saturated carbocycles. The van der Waals surface area contributed by atoms with Crippen LogP contribution in [0.3, 0.4) is 0 Å². The number of anilines is 1. The summed E-state index contributed by atoms with van der Waals surface area (Å²) in [6.45, 7) is 2.43. The second-order valence-electron chi connectivity index (χ2n) is 3.77. The van der Waals surface area contributed by atoms with Crippen molar-refractivity contribution in [3.63, 3.8) is 0 Å². The predicted molar refractivity (Wildman–Crippen MR) is 61.6 cm³/mol. The Morgan fingerprint density at radius 1 is 1.19 bits per heavy atom. The number of hydrogen-bond acceptors (Lipinski definition) is 3. The Kier molecular flexibility index (Phi) is 2.64. The number of fused-ring (bicyclic) bond motifs is 1. The molecule has 1 aliphatic rings. The minimum atomic E-state index is -0.182. The summed E-state index contributed by atoms with van der Waals surface area (Å²) < 4.78 is 0. The lowest BCUT2D eigenvalue weighted by Crippen LogP contribution is -2.30. The van der Waals surface area contributed by atoms with Crippen LogP contribution in [0.4, 0.5) is 5.69 Å². The SMILES string of the molecule is CCCN1C(=O)c2ccc(NC)cc2C1=O. The number of nitrogens with zero attached hydrogens (tertiary/aromatic N) is 1. The molecule has 0 aromatic heterocycles. The average molecular weight is 218 g/mol. The summed E-state index contributed by atoms with van der Waals surface area (Å²) in [6.07, 6.45) is 0.782. The molecule has 0 bridgehead atoms. The zero-order chi connectivity index (χ0) is 11.7. The lowest BCUT2D eigenvalue weighted by molar-refractivity contribution is 0.0654. The van der Waals surface area contributed by atoms with E-state index in [2.05, 4.69) is 5.32 Å². The molecule has 0 radical (unpaired) electrons. The van der Waals surface area contributed by atoms with Gasteiger partial charge in [0.1, 0.15) is 0 Å². The molecule has 1 aromatic carbocycles. The number of nitrogens with one attached hydrogen (secondary N) is 1. The van der Waals surface area contributed by atoms with Crippen molar-refractivity contribution in [2.75, 3.05) is 18.9 Å². The van der Waals surface area contributed by atoms with Crippen LogP contribution in [0, 0.1) is 0 Å². The van der Waals surface area contributed by atoms with Crippen molar-refractivity contribution in [2.45, 2.75) is 13.3 Å². The van der Waals surface area contributed by atoms with Crippen LogP contribution in [0.25, 0.3) is 0 Å². The van der Waals surface area contributed by atoms with Gasteiger partial charge in [0.25, 0.3) is 11.8 Å². The number of carbonyl (C=O) groups excluding carboxylic acids is 2. The van der Waals surface area contributed by atoms with Crippen molar-refractivity contribution in [3.8, 4) is 0 Å². The van der Waals surface area contributed by atoms with Gasteiger partial charge < -0.3 is 5.32 Å². The quantitative estimate of drug-likeness (QED) is 0.786. The van der Waals surface area contributed by atoms with Crippen LogP contribution >= 0.6 is 0 Å². The van der Waals surface area contributed by atoms with Gasteiger partial charge in [-0.25, -0.2) is 0 Å². The third-order valence-corrected chi connectivity index (χ3v) is 2.71. The van der Waals surface area contributed by atoms with E-state index in [1.165, 1.54) is 4.90 Å². The van der Waals surface area contributed by atoms with Crippen LogP contribution < -0.4 is 5.32 Å². The summed E-state index contributed by atoms with van der Waals surface area (Å²) in [7, 11) is 1.78. The fraction of sp³-hybridized carbons (Fsp3) is 0.333. The van der Waals surface area contributed by atoms with Gasteiger partial charge in [0.15, 0.2) is 0 Å². The van der Waals surface area contributed by atoms with Gasteiger partial charge in [-0.1, -0.05) is 6.92 Å². The monoisotopic (exact) mass is 218 g/mol. The van der Waals surface area contributed by atoms with E-state index in [-0.39, 0.29) is 11.8 Å². The van der Waals surface area contributed by atoms with E-state index < -0.39 is 0 Å². The molecule has 0 atom stereocenters. The van der Waals surface area contributed by atoms with Crippen molar-refractivity contribution in [1.29, 1.82) is 0 Å². The minimum Gasteiger partial charge on any atom is -0.388 e. The lowest BCUT2D eigenvalue weighted by Gasteiger charge is -2.11. The number of hydrogen-bond donors (Lipinski definition) is 1. The summed E-state index contributed by atoms with van der Waals surface area (Å²) in [5.41, 5.74) is 1.86. The van der Waals surface area contributed by atoms with Gasteiger partial charge in [-0.05, 0) is 24.6 Å². The second-order valence-corrected chi connectivity index (χ2v) is 3.77. The first-order valence-electron chi connectivity index (χ1n) is 5.37. The van der Waals surface area contributed by atoms with E-state index in [1.54, 1.807) is 25.2 Å². The molecule has 1 heterocycles. The van der Waals surface area contributed by atoms with Gasteiger partial charge in [-0.2, -0.15) is 0 Å². The van der Waals surface area contributed by atoms with Crippen LogP contribution in [-0.4, -0.2) is 30.3 Å². The number of benzene rings is 1. The maximum atomic E-state index is 11.9. The molecule has 0 unspecified atom stereocenters. The first-order valence-corrected chi connectivity index (χ1v) is 5.37. The fourth-order valence-corrected chi connectivity index (χ4v) is 1.87. The molecule has 16 heavy (non-hydrogen) atoms. The van der Waals surface area contributed by atoms with Crippen molar-refractivity contribution in [2.24, 2.45) is 0 Å². The molecule has 2 amide bonds. The fourth-order valence-electron chi connectivity index (χ4n) is 1.87. The molecule has 1 N–H and O–H groups in total. The summed E-state index contributed by atoms with van der Waals surface area (Å²) in [5, 5.41) is 2.96. The Hall–Kier alpha value is -1.84. The van der Waals surface area contributed by atoms with Crippen LogP contribution in [0.1, 0.15) is 34.1 Å². The van der Waals surface area contributed by atoms with Gasteiger partial charge in [0, 0.05) is 19.3 Å².